The van der Waals surface area contributed by atoms with Crippen molar-refractivity contribution in [3.05, 3.63) is 72.3 Å². The fourth-order valence-electron chi connectivity index (χ4n) is 2.03. The van der Waals surface area contributed by atoms with Crippen LogP contribution in [0.5, 0.6) is 0 Å². The van der Waals surface area contributed by atoms with Crippen LogP contribution in [-0.2, 0) is 4.74 Å². The lowest BCUT2D eigenvalue weighted by Gasteiger charge is -2.07. The molecule has 0 N–H and O–H groups in total. The van der Waals surface area contributed by atoms with Gasteiger partial charge in [-0.15, -0.1) is 0 Å². The minimum atomic E-state index is -0.933. The summed E-state index contributed by atoms with van der Waals surface area (Å²) in [7, 11) is 1.06. The number of methoxy groups -OCH3 is 1. The summed E-state index contributed by atoms with van der Waals surface area (Å²) >= 11 is 0.646. The quantitative estimate of drug-likeness (QED) is 0.417. The first-order chi connectivity index (χ1) is 12.3. The van der Waals surface area contributed by atoms with Crippen molar-refractivity contribution >= 4 is 34.8 Å². The first-order valence-electron chi connectivity index (χ1n) is 6.72. The summed E-state index contributed by atoms with van der Waals surface area (Å²) in [5, 5.41) is 33.3. The normalized spacial score (nSPS) is 10.2. The predicted molar refractivity (Wildman–Crippen MR) is 88.3 cm³/mol. The highest BCUT2D eigenvalue weighted by atomic mass is 32.2. The molecule has 0 atom stereocenters. The Hall–Kier alpha value is -3.54. The highest BCUT2D eigenvalue weighted by molar-refractivity contribution is 7.99. The molecule has 0 aromatic heterocycles. The number of benzene rings is 2. The van der Waals surface area contributed by atoms with Gasteiger partial charge in [0.05, 0.1) is 37.7 Å². The number of non-ortho nitro benzene ring substituents is 1. The molecule has 0 bridgehead atoms. The summed E-state index contributed by atoms with van der Waals surface area (Å²) in [6.45, 7) is 0. The number of rotatable bonds is 6. The van der Waals surface area contributed by atoms with Gasteiger partial charge in [0.1, 0.15) is 5.56 Å². The number of esters is 1. The van der Waals surface area contributed by atoms with Crippen LogP contribution < -0.4 is 0 Å². The lowest BCUT2D eigenvalue weighted by Crippen LogP contribution is -2.06. The maximum atomic E-state index is 11.7. The van der Waals surface area contributed by atoms with Gasteiger partial charge in [-0.05, 0) is 18.2 Å². The zero-order chi connectivity index (χ0) is 19.4. The van der Waals surface area contributed by atoms with Crippen molar-refractivity contribution in [2.45, 2.75) is 9.79 Å². The largest absolute Gasteiger partial charge is 0.465 e. The molecule has 0 aliphatic rings. The minimum absolute atomic E-state index is 0.0464. The second kappa shape index (κ2) is 7.57. The Kier molecular flexibility index (Phi) is 5.47. The molecule has 0 aliphatic carbocycles. The van der Waals surface area contributed by atoms with E-state index in [2.05, 4.69) is 4.74 Å². The van der Waals surface area contributed by atoms with Gasteiger partial charge in [-0.3, -0.25) is 30.3 Å². The van der Waals surface area contributed by atoms with Crippen molar-refractivity contribution in [3.63, 3.8) is 0 Å². The van der Waals surface area contributed by atoms with E-state index in [-0.39, 0.29) is 15.4 Å². The first-order valence-corrected chi connectivity index (χ1v) is 7.54. The fraction of sp³-hybridized carbons (Fsp3) is 0.0714. The summed E-state index contributed by atoms with van der Waals surface area (Å²) < 4.78 is 4.50. The molecule has 26 heavy (non-hydrogen) atoms. The number of para-hydroxylation sites is 1. The number of carbonyl (C=O) groups is 1. The Balaban J connectivity index is 2.59. The molecule has 134 valence electrons. The molecule has 0 amide bonds. The van der Waals surface area contributed by atoms with Crippen LogP contribution in [0.2, 0.25) is 0 Å². The number of nitro benzene ring substituents is 3. The third kappa shape index (κ3) is 3.75. The van der Waals surface area contributed by atoms with Crippen LogP contribution in [0, 0.1) is 30.3 Å². The van der Waals surface area contributed by atoms with Crippen LogP contribution in [0.3, 0.4) is 0 Å². The van der Waals surface area contributed by atoms with Crippen LogP contribution >= 0.6 is 11.8 Å². The van der Waals surface area contributed by atoms with Crippen molar-refractivity contribution in [3.8, 4) is 0 Å². The molecule has 0 heterocycles. The minimum Gasteiger partial charge on any atom is -0.465 e. The van der Waals surface area contributed by atoms with Crippen LogP contribution in [0.25, 0.3) is 0 Å². The smallest absolute Gasteiger partial charge is 0.344 e. The van der Waals surface area contributed by atoms with Crippen molar-refractivity contribution in [2.75, 3.05) is 7.11 Å². The maximum absolute atomic E-state index is 11.7. The fourth-order valence-corrected chi connectivity index (χ4v) is 3.07. The van der Waals surface area contributed by atoms with Crippen molar-refractivity contribution in [1.29, 1.82) is 0 Å². The van der Waals surface area contributed by atoms with Crippen LogP contribution in [0.4, 0.5) is 17.1 Å². The van der Waals surface area contributed by atoms with E-state index in [0.717, 1.165) is 25.3 Å². The lowest BCUT2D eigenvalue weighted by molar-refractivity contribution is -0.396. The van der Waals surface area contributed by atoms with E-state index in [1.165, 1.54) is 18.2 Å². The lowest BCUT2D eigenvalue weighted by atomic mass is 10.2. The van der Waals surface area contributed by atoms with E-state index >= 15 is 0 Å². The van der Waals surface area contributed by atoms with E-state index in [1.54, 1.807) is 0 Å². The first kappa shape index (κ1) is 18.8. The molecule has 2 rings (SSSR count). The van der Waals surface area contributed by atoms with E-state index in [1.807, 2.05) is 0 Å². The monoisotopic (exact) mass is 379 g/mol. The standard InChI is InChI=1S/C14H9N3O8S/c1-25-14(18)9-3-2-4-12(13(9)17(23)24)26-11-6-5-8(15(19)20)7-10(11)16(21)22/h2-7H,1H3. The zero-order valence-corrected chi connectivity index (χ0v) is 13.8. The molecule has 0 aliphatic heterocycles. The summed E-state index contributed by atoms with van der Waals surface area (Å²) in [6, 6.07) is 6.79. The molecule has 2 aromatic rings. The van der Waals surface area contributed by atoms with Crippen molar-refractivity contribution < 1.29 is 24.3 Å². The predicted octanol–water partition coefficient (Wildman–Crippen LogP) is 3.35. The van der Waals surface area contributed by atoms with Gasteiger partial charge >= 0.3 is 5.97 Å². The Bertz CT molecular complexity index is 930. The Morgan fingerprint density at radius 2 is 1.65 bits per heavy atom. The molecule has 0 fully saturated rings. The molecule has 0 spiro atoms. The van der Waals surface area contributed by atoms with Gasteiger partial charge in [0, 0.05) is 6.07 Å². The van der Waals surface area contributed by atoms with E-state index in [4.69, 9.17) is 0 Å². The summed E-state index contributed by atoms with van der Waals surface area (Å²) in [5.41, 5.74) is -1.95. The molecule has 0 radical (unpaired) electrons. The summed E-state index contributed by atoms with van der Waals surface area (Å²) in [4.78, 5) is 42.5. The zero-order valence-electron chi connectivity index (χ0n) is 13.0. The number of nitro groups is 3. The molecule has 0 unspecified atom stereocenters. The molecule has 0 saturated carbocycles. The molecule has 11 nitrogen and oxygen atoms in total. The average Bonchev–Trinajstić information content (AvgIpc) is 2.60. The number of hydrogen-bond donors (Lipinski definition) is 0. The van der Waals surface area contributed by atoms with E-state index in [9.17, 15) is 35.1 Å². The SMILES string of the molecule is COC(=O)c1cccc(Sc2ccc([N+](=O)[O-])cc2[N+](=O)[O-])c1[N+](=O)[O-]. The van der Waals surface area contributed by atoms with Crippen LogP contribution in [0.1, 0.15) is 10.4 Å². The van der Waals surface area contributed by atoms with E-state index in [0.29, 0.717) is 11.8 Å². The third-order valence-corrected chi connectivity index (χ3v) is 4.27. The highest BCUT2D eigenvalue weighted by Crippen LogP contribution is 2.41. The second-order valence-corrected chi connectivity index (χ2v) is 5.75. The van der Waals surface area contributed by atoms with Gasteiger partial charge in [0.15, 0.2) is 0 Å². The molecule has 2 aromatic carbocycles. The number of nitrogens with zero attached hydrogens (tertiary/aromatic N) is 3. The van der Waals surface area contributed by atoms with Gasteiger partial charge < -0.3 is 4.74 Å². The molecular formula is C14H9N3O8S. The van der Waals surface area contributed by atoms with Crippen LogP contribution in [-0.4, -0.2) is 27.8 Å². The van der Waals surface area contributed by atoms with Crippen molar-refractivity contribution in [1.82, 2.24) is 0 Å². The van der Waals surface area contributed by atoms with Crippen molar-refractivity contribution in [2.24, 2.45) is 0 Å². The summed E-state index contributed by atoms with van der Waals surface area (Å²) in [6.07, 6.45) is 0. The van der Waals surface area contributed by atoms with Gasteiger partial charge in [-0.1, -0.05) is 17.8 Å². The Labute approximate surface area is 149 Å². The third-order valence-electron chi connectivity index (χ3n) is 3.16. The molecule has 0 saturated heterocycles. The van der Waals surface area contributed by atoms with Gasteiger partial charge in [-0.25, -0.2) is 4.79 Å². The Morgan fingerprint density at radius 3 is 2.19 bits per heavy atom. The van der Waals surface area contributed by atoms with Gasteiger partial charge in [0.25, 0.3) is 17.1 Å². The topological polar surface area (TPSA) is 156 Å². The number of carbonyl (C=O) groups excluding carboxylic acids is 1. The molecule has 12 heteroatoms. The number of hydrogen-bond acceptors (Lipinski definition) is 9. The van der Waals surface area contributed by atoms with Gasteiger partial charge in [0.2, 0.25) is 0 Å². The average molecular weight is 379 g/mol. The summed E-state index contributed by atoms with van der Waals surface area (Å²) in [5.74, 6) is -0.933. The number of ether oxygens (including phenoxy) is 1. The van der Waals surface area contributed by atoms with E-state index < -0.39 is 37.8 Å². The second-order valence-electron chi connectivity index (χ2n) is 4.67. The highest BCUT2D eigenvalue weighted by Gasteiger charge is 2.28. The van der Waals surface area contributed by atoms with Gasteiger partial charge in [-0.2, -0.15) is 0 Å². The van der Waals surface area contributed by atoms with Crippen LogP contribution in [0.15, 0.2) is 46.2 Å². The maximum Gasteiger partial charge on any atom is 0.344 e. The molecular weight excluding hydrogens is 370 g/mol. The Morgan fingerprint density at radius 1 is 0.962 bits per heavy atom.